The van der Waals surface area contributed by atoms with Crippen molar-refractivity contribution < 1.29 is 0 Å². The SMILES string of the molecule is CC1SCCN(Cc2cnc(N)s2)C1c1ccccc1.Cl. The van der Waals surface area contributed by atoms with Crippen LogP contribution in [0.1, 0.15) is 23.4 Å². The van der Waals surface area contributed by atoms with Gasteiger partial charge in [-0.1, -0.05) is 37.3 Å². The van der Waals surface area contributed by atoms with Gasteiger partial charge >= 0.3 is 0 Å². The van der Waals surface area contributed by atoms with Crippen LogP contribution in [-0.4, -0.2) is 27.4 Å². The number of nitrogens with zero attached hydrogens (tertiary/aromatic N) is 2. The molecule has 2 atom stereocenters. The molecule has 3 rings (SSSR count). The molecule has 0 radical (unpaired) electrons. The highest BCUT2D eigenvalue weighted by molar-refractivity contribution is 8.00. The van der Waals surface area contributed by atoms with Crippen molar-refractivity contribution in [3.8, 4) is 0 Å². The van der Waals surface area contributed by atoms with Gasteiger partial charge in [-0.2, -0.15) is 11.8 Å². The third-order valence-electron chi connectivity index (χ3n) is 3.67. The molecular formula is C15H20ClN3S2. The monoisotopic (exact) mass is 341 g/mol. The van der Waals surface area contributed by atoms with Gasteiger partial charge in [-0.15, -0.1) is 23.7 Å². The number of rotatable bonds is 3. The van der Waals surface area contributed by atoms with Crippen molar-refractivity contribution in [1.82, 2.24) is 9.88 Å². The Bertz CT molecular complexity index is 561. The molecule has 0 spiro atoms. The number of benzene rings is 1. The molecule has 114 valence electrons. The molecule has 1 aromatic heterocycles. The fraction of sp³-hybridized carbons (Fsp3) is 0.400. The molecule has 2 aromatic rings. The summed E-state index contributed by atoms with van der Waals surface area (Å²) in [4.78, 5) is 7.97. The summed E-state index contributed by atoms with van der Waals surface area (Å²) in [5.74, 6) is 1.19. The predicted molar refractivity (Wildman–Crippen MR) is 95.3 cm³/mol. The van der Waals surface area contributed by atoms with E-state index in [0.29, 0.717) is 16.4 Å². The summed E-state index contributed by atoms with van der Waals surface area (Å²) in [7, 11) is 0. The third-order valence-corrected chi connectivity index (χ3v) is 5.68. The van der Waals surface area contributed by atoms with Crippen LogP contribution in [-0.2, 0) is 6.54 Å². The average molecular weight is 342 g/mol. The molecule has 1 aromatic carbocycles. The van der Waals surface area contributed by atoms with Crippen molar-refractivity contribution in [1.29, 1.82) is 0 Å². The van der Waals surface area contributed by atoms with Crippen LogP contribution < -0.4 is 5.73 Å². The van der Waals surface area contributed by atoms with Gasteiger partial charge in [-0.3, -0.25) is 4.90 Å². The molecule has 3 nitrogen and oxygen atoms in total. The first-order valence-electron chi connectivity index (χ1n) is 6.85. The molecule has 0 bridgehead atoms. The molecule has 2 heterocycles. The summed E-state index contributed by atoms with van der Waals surface area (Å²) in [6, 6.07) is 11.3. The summed E-state index contributed by atoms with van der Waals surface area (Å²) < 4.78 is 0. The molecular weight excluding hydrogens is 322 g/mol. The highest BCUT2D eigenvalue weighted by Gasteiger charge is 2.30. The highest BCUT2D eigenvalue weighted by atomic mass is 35.5. The zero-order valence-electron chi connectivity index (χ0n) is 11.9. The van der Waals surface area contributed by atoms with Gasteiger partial charge in [0.2, 0.25) is 0 Å². The van der Waals surface area contributed by atoms with E-state index in [9.17, 15) is 0 Å². The van der Waals surface area contributed by atoms with Crippen LogP contribution >= 0.6 is 35.5 Å². The van der Waals surface area contributed by atoms with E-state index in [-0.39, 0.29) is 12.4 Å². The Morgan fingerprint density at radius 3 is 2.76 bits per heavy atom. The van der Waals surface area contributed by atoms with Crippen LogP contribution in [0.2, 0.25) is 0 Å². The van der Waals surface area contributed by atoms with Gasteiger partial charge < -0.3 is 5.73 Å². The quantitative estimate of drug-likeness (QED) is 0.921. The van der Waals surface area contributed by atoms with Gasteiger partial charge in [0.05, 0.1) is 0 Å². The number of aromatic nitrogens is 1. The van der Waals surface area contributed by atoms with Crippen LogP contribution in [0, 0.1) is 0 Å². The summed E-state index contributed by atoms with van der Waals surface area (Å²) in [6.07, 6.45) is 1.91. The van der Waals surface area contributed by atoms with E-state index in [0.717, 1.165) is 13.1 Å². The number of thiazole rings is 1. The molecule has 2 N–H and O–H groups in total. The number of thioether (sulfide) groups is 1. The standard InChI is InChI=1S/C15H19N3S2.ClH/c1-11-14(12-5-3-2-4-6-12)18(7-8-19-11)10-13-9-17-15(16)20-13;/h2-6,9,11,14H,7-8,10H2,1H3,(H2,16,17);1H. The van der Waals surface area contributed by atoms with E-state index < -0.39 is 0 Å². The number of hydrogen-bond acceptors (Lipinski definition) is 5. The Labute approximate surface area is 140 Å². The van der Waals surface area contributed by atoms with Crippen LogP contribution in [0.3, 0.4) is 0 Å². The molecule has 2 unspecified atom stereocenters. The molecule has 1 saturated heterocycles. The minimum absolute atomic E-state index is 0. The lowest BCUT2D eigenvalue weighted by molar-refractivity contribution is 0.193. The van der Waals surface area contributed by atoms with Crippen molar-refractivity contribution in [3.05, 3.63) is 47.0 Å². The van der Waals surface area contributed by atoms with Crippen LogP contribution in [0.5, 0.6) is 0 Å². The summed E-state index contributed by atoms with van der Waals surface area (Å²) in [5, 5.41) is 1.27. The van der Waals surface area contributed by atoms with E-state index in [1.807, 2.05) is 6.20 Å². The molecule has 0 amide bonds. The van der Waals surface area contributed by atoms with Crippen LogP contribution in [0.25, 0.3) is 0 Å². The normalized spacial score (nSPS) is 22.7. The molecule has 21 heavy (non-hydrogen) atoms. The number of nitrogen functional groups attached to an aromatic ring is 1. The van der Waals surface area contributed by atoms with Crippen LogP contribution in [0.4, 0.5) is 5.13 Å². The first kappa shape index (κ1) is 16.6. The largest absolute Gasteiger partial charge is 0.375 e. The average Bonchev–Trinajstić information content (AvgIpc) is 2.85. The smallest absolute Gasteiger partial charge is 0.180 e. The van der Waals surface area contributed by atoms with E-state index >= 15 is 0 Å². The molecule has 1 aliphatic rings. The van der Waals surface area contributed by atoms with Gasteiger partial charge in [-0.05, 0) is 5.56 Å². The zero-order chi connectivity index (χ0) is 13.9. The van der Waals surface area contributed by atoms with Gasteiger partial charge in [0, 0.05) is 41.2 Å². The lowest BCUT2D eigenvalue weighted by Crippen LogP contribution is -2.39. The Kier molecular flexibility index (Phi) is 5.93. The van der Waals surface area contributed by atoms with Gasteiger partial charge in [-0.25, -0.2) is 4.98 Å². The second-order valence-corrected chi connectivity index (χ2v) is 7.70. The number of anilines is 1. The maximum Gasteiger partial charge on any atom is 0.180 e. The first-order valence-corrected chi connectivity index (χ1v) is 8.71. The lowest BCUT2D eigenvalue weighted by Gasteiger charge is -2.39. The van der Waals surface area contributed by atoms with Crippen molar-refractivity contribution in [2.45, 2.75) is 24.8 Å². The Morgan fingerprint density at radius 1 is 1.33 bits per heavy atom. The molecule has 0 aliphatic carbocycles. The minimum atomic E-state index is 0. The molecule has 0 saturated carbocycles. The van der Waals surface area contributed by atoms with Crippen molar-refractivity contribution in [3.63, 3.8) is 0 Å². The van der Waals surface area contributed by atoms with Crippen molar-refractivity contribution in [2.24, 2.45) is 0 Å². The third kappa shape index (κ3) is 3.92. The Hall–Kier alpha value is -0.750. The fourth-order valence-electron chi connectivity index (χ4n) is 2.79. The van der Waals surface area contributed by atoms with E-state index in [2.05, 4.69) is 58.9 Å². The van der Waals surface area contributed by atoms with E-state index in [1.54, 1.807) is 11.3 Å². The first-order chi connectivity index (χ1) is 9.74. The predicted octanol–water partition coefficient (Wildman–Crippen LogP) is 3.83. The fourth-order valence-corrected chi connectivity index (χ4v) is 4.72. The molecule has 1 aliphatic heterocycles. The van der Waals surface area contributed by atoms with Crippen LogP contribution in [0.15, 0.2) is 36.5 Å². The summed E-state index contributed by atoms with van der Waals surface area (Å²) in [6.45, 7) is 4.39. The minimum Gasteiger partial charge on any atom is -0.375 e. The summed E-state index contributed by atoms with van der Waals surface area (Å²) in [5.41, 5.74) is 7.15. The Balaban J connectivity index is 0.00000161. The maximum absolute atomic E-state index is 5.74. The Morgan fingerprint density at radius 2 is 2.10 bits per heavy atom. The van der Waals surface area contributed by atoms with Gasteiger partial charge in [0.15, 0.2) is 5.13 Å². The number of hydrogen-bond donors (Lipinski definition) is 1. The molecule has 1 fully saturated rings. The van der Waals surface area contributed by atoms with E-state index in [4.69, 9.17) is 5.73 Å². The maximum atomic E-state index is 5.74. The van der Waals surface area contributed by atoms with E-state index in [1.165, 1.54) is 16.2 Å². The molecule has 6 heteroatoms. The van der Waals surface area contributed by atoms with Gasteiger partial charge in [0.25, 0.3) is 0 Å². The highest BCUT2D eigenvalue weighted by Crippen LogP contribution is 2.37. The van der Waals surface area contributed by atoms with Gasteiger partial charge in [0.1, 0.15) is 0 Å². The lowest BCUT2D eigenvalue weighted by atomic mass is 10.0. The second-order valence-electron chi connectivity index (χ2n) is 5.07. The number of halogens is 1. The zero-order valence-corrected chi connectivity index (χ0v) is 14.4. The number of nitrogens with two attached hydrogens (primary N) is 1. The topological polar surface area (TPSA) is 42.2 Å². The second kappa shape index (κ2) is 7.49. The van der Waals surface area contributed by atoms with Crippen molar-refractivity contribution in [2.75, 3.05) is 18.0 Å². The van der Waals surface area contributed by atoms with Crippen molar-refractivity contribution >= 4 is 40.6 Å². The summed E-state index contributed by atoms with van der Waals surface area (Å²) >= 11 is 3.66.